The first-order chi connectivity index (χ1) is 19.8. The van der Waals surface area contributed by atoms with Crippen LogP contribution in [-0.2, 0) is 14.3 Å². The first-order valence-corrected chi connectivity index (χ1v) is 13.0. The summed E-state index contributed by atoms with van der Waals surface area (Å²) in [5.41, 5.74) is 2.80. The fourth-order valence-corrected chi connectivity index (χ4v) is 6.05. The molecule has 41 heavy (non-hydrogen) atoms. The van der Waals surface area contributed by atoms with Gasteiger partial charge in [-0.2, -0.15) is 0 Å². The maximum Gasteiger partial charge on any atom is 0.310 e. The highest BCUT2D eigenvalue weighted by Gasteiger charge is 2.53. The monoisotopic (exact) mass is 566 g/mol. The number of hydrogen-bond acceptors (Lipinski definition) is 8. The van der Waals surface area contributed by atoms with E-state index in [4.69, 9.17) is 33.2 Å². The zero-order valence-corrected chi connectivity index (χ0v) is 22.7. The lowest BCUT2D eigenvalue weighted by Crippen LogP contribution is -2.36. The molecule has 3 aromatic rings. The summed E-state index contributed by atoms with van der Waals surface area (Å²) in [5.74, 6) is -0.831. The number of fused-ring (bicyclic) bond motifs is 3. The Morgan fingerprint density at radius 2 is 1.61 bits per heavy atom. The molecular weight excluding hydrogens is 538 g/mol. The topological polar surface area (TPSA) is 81.7 Å². The molecule has 1 fully saturated rings. The smallest absolute Gasteiger partial charge is 0.310 e. The molecular formula is C31H28F2O8. The van der Waals surface area contributed by atoms with Crippen LogP contribution in [0.5, 0.6) is 28.7 Å². The molecule has 3 aliphatic rings. The van der Waals surface area contributed by atoms with Crippen molar-refractivity contribution in [3.05, 3.63) is 82.9 Å². The molecule has 6 rings (SSSR count). The van der Waals surface area contributed by atoms with Gasteiger partial charge in [-0.1, -0.05) is 6.58 Å². The molecule has 4 atom stereocenters. The number of methoxy groups -OCH3 is 3. The maximum atomic E-state index is 14.5. The molecule has 10 heteroatoms. The van der Waals surface area contributed by atoms with E-state index in [-0.39, 0.29) is 37.5 Å². The van der Waals surface area contributed by atoms with Gasteiger partial charge in [-0.15, -0.1) is 0 Å². The van der Waals surface area contributed by atoms with Gasteiger partial charge in [0, 0.05) is 23.5 Å². The fourth-order valence-electron chi connectivity index (χ4n) is 6.05. The molecule has 0 amide bonds. The van der Waals surface area contributed by atoms with Gasteiger partial charge < -0.3 is 33.2 Å². The van der Waals surface area contributed by atoms with Crippen LogP contribution < -0.4 is 23.7 Å². The zero-order chi connectivity index (χ0) is 28.8. The Hall–Kier alpha value is -4.31. The van der Waals surface area contributed by atoms with Crippen LogP contribution in [0.3, 0.4) is 0 Å². The molecule has 0 radical (unpaired) electrons. The molecule has 0 unspecified atom stereocenters. The minimum absolute atomic E-state index is 0.0621. The Balaban J connectivity index is 1.45. The van der Waals surface area contributed by atoms with Crippen molar-refractivity contribution in [3.8, 4) is 28.7 Å². The van der Waals surface area contributed by atoms with E-state index in [9.17, 15) is 13.6 Å². The Morgan fingerprint density at radius 1 is 0.927 bits per heavy atom. The van der Waals surface area contributed by atoms with E-state index in [1.54, 1.807) is 0 Å². The first kappa shape index (κ1) is 26.9. The molecule has 0 N–H and O–H groups in total. The number of halogens is 2. The van der Waals surface area contributed by atoms with E-state index >= 15 is 0 Å². The molecule has 2 aliphatic heterocycles. The molecule has 0 spiro atoms. The average molecular weight is 567 g/mol. The molecule has 1 aliphatic carbocycles. The van der Waals surface area contributed by atoms with Gasteiger partial charge in [0.25, 0.3) is 0 Å². The highest BCUT2D eigenvalue weighted by Crippen LogP contribution is 2.56. The summed E-state index contributed by atoms with van der Waals surface area (Å²) >= 11 is 0. The number of carbonyl (C=O) groups excluding carboxylic acids is 1. The van der Waals surface area contributed by atoms with Crippen molar-refractivity contribution < 1.29 is 46.7 Å². The van der Waals surface area contributed by atoms with E-state index in [2.05, 4.69) is 6.58 Å². The summed E-state index contributed by atoms with van der Waals surface area (Å²) in [6.45, 7) is 4.09. The highest BCUT2D eigenvalue weighted by atomic mass is 19.1. The minimum atomic E-state index is -0.731. The predicted octanol–water partition coefficient (Wildman–Crippen LogP) is 5.43. The number of ether oxygens (including phenoxy) is 7. The zero-order valence-electron chi connectivity index (χ0n) is 22.7. The summed E-state index contributed by atoms with van der Waals surface area (Å²) in [6, 6.07) is 10.7. The van der Waals surface area contributed by atoms with Gasteiger partial charge in [-0.05, 0) is 58.7 Å². The summed E-state index contributed by atoms with van der Waals surface area (Å²) in [6.07, 6.45) is -0.616. The molecule has 8 nitrogen and oxygen atoms in total. The summed E-state index contributed by atoms with van der Waals surface area (Å²) < 4.78 is 68.0. The minimum Gasteiger partial charge on any atom is -0.493 e. The summed E-state index contributed by atoms with van der Waals surface area (Å²) in [4.78, 5) is 13.3. The molecule has 0 saturated carbocycles. The molecule has 0 aromatic heterocycles. The summed E-state index contributed by atoms with van der Waals surface area (Å²) in [5, 5.41) is 0. The van der Waals surface area contributed by atoms with Crippen molar-refractivity contribution in [2.45, 2.75) is 12.0 Å². The quantitative estimate of drug-likeness (QED) is 0.334. The maximum absolute atomic E-state index is 14.5. The number of benzene rings is 3. The second kappa shape index (κ2) is 10.6. The van der Waals surface area contributed by atoms with E-state index in [1.807, 2.05) is 24.3 Å². The van der Waals surface area contributed by atoms with Crippen LogP contribution in [0.2, 0.25) is 0 Å². The van der Waals surface area contributed by atoms with Crippen molar-refractivity contribution in [2.24, 2.45) is 11.8 Å². The molecule has 214 valence electrons. The third kappa shape index (κ3) is 4.52. The van der Waals surface area contributed by atoms with E-state index in [0.717, 1.165) is 22.8 Å². The summed E-state index contributed by atoms with van der Waals surface area (Å²) in [7, 11) is 4.58. The lowest BCUT2D eigenvalue weighted by molar-refractivity contribution is -0.141. The number of cyclic esters (lactones) is 1. The fraction of sp³-hybridized carbons (Fsp3) is 0.323. The van der Waals surface area contributed by atoms with Crippen LogP contribution in [0.15, 0.2) is 49.0 Å². The SMILES string of the molecule is C=C(CO[C@@H]1c2cc3c(cc2[C@@H](c2cc(OC)c(OC)c(OC)c2)[C@H]2C(=O)OC[C@@H]21)OCO3)c1ccc(F)cc1F. The Bertz CT molecular complexity index is 1510. The predicted molar refractivity (Wildman–Crippen MR) is 143 cm³/mol. The van der Waals surface area contributed by atoms with Gasteiger partial charge >= 0.3 is 5.97 Å². The number of hydrogen-bond donors (Lipinski definition) is 0. The third-order valence-electron chi connectivity index (χ3n) is 7.91. The standard InChI is InChI=1S/C31H28F2O8/c1-15(18-6-5-17(32)9-22(18)33)12-38-29-20-11-24-23(40-14-41-24)10-19(20)27(28-21(29)13-39-31(28)34)16-7-25(35-2)30(37-4)26(8-16)36-3/h5-11,21,27-29H,1,12-14H2,2-4H3/t21-,27+,28-,29+/m0/s1. The lowest BCUT2D eigenvalue weighted by atomic mass is 9.66. The van der Waals surface area contributed by atoms with E-state index < -0.39 is 29.6 Å². The number of rotatable bonds is 8. The largest absolute Gasteiger partial charge is 0.493 e. The van der Waals surface area contributed by atoms with Crippen LogP contribution in [0.1, 0.15) is 34.3 Å². The van der Waals surface area contributed by atoms with Crippen LogP contribution >= 0.6 is 0 Å². The normalized spacial score (nSPS) is 22.0. The van der Waals surface area contributed by atoms with Gasteiger partial charge in [0.05, 0.1) is 46.6 Å². The van der Waals surface area contributed by atoms with Crippen molar-refractivity contribution in [1.82, 2.24) is 0 Å². The lowest BCUT2D eigenvalue weighted by Gasteiger charge is -2.39. The van der Waals surface area contributed by atoms with Crippen LogP contribution in [0.25, 0.3) is 5.57 Å². The van der Waals surface area contributed by atoms with Crippen molar-refractivity contribution in [3.63, 3.8) is 0 Å². The number of carbonyl (C=O) groups is 1. The Morgan fingerprint density at radius 3 is 2.24 bits per heavy atom. The third-order valence-corrected chi connectivity index (χ3v) is 7.91. The van der Waals surface area contributed by atoms with Crippen LogP contribution in [0.4, 0.5) is 8.78 Å². The second-order valence-corrected chi connectivity index (χ2v) is 10.0. The van der Waals surface area contributed by atoms with E-state index in [0.29, 0.717) is 34.3 Å². The van der Waals surface area contributed by atoms with Crippen molar-refractivity contribution in [1.29, 1.82) is 0 Å². The molecule has 2 heterocycles. The molecule has 0 bridgehead atoms. The second-order valence-electron chi connectivity index (χ2n) is 10.0. The molecule has 3 aromatic carbocycles. The van der Waals surface area contributed by atoms with Gasteiger partial charge in [-0.3, -0.25) is 4.79 Å². The van der Waals surface area contributed by atoms with Gasteiger partial charge in [0.15, 0.2) is 23.0 Å². The Labute approximate surface area is 235 Å². The number of esters is 1. The van der Waals surface area contributed by atoms with Crippen LogP contribution in [0, 0.1) is 23.5 Å². The first-order valence-electron chi connectivity index (χ1n) is 13.0. The highest BCUT2D eigenvalue weighted by molar-refractivity contribution is 5.79. The van der Waals surface area contributed by atoms with E-state index in [1.165, 1.54) is 33.5 Å². The average Bonchev–Trinajstić information content (AvgIpc) is 3.59. The van der Waals surface area contributed by atoms with Crippen LogP contribution in [-0.4, -0.2) is 47.3 Å². The Kier molecular flexibility index (Phi) is 6.94. The van der Waals surface area contributed by atoms with Crippen molar-refractivity contribution in [2.75, 3.05) is 41.3 Å². The van der Waals surface area contributed by atoms with Gasteiger partial charge in [-0.25, -0.2) is 8.78 Å². The van der Waals surface area contributed by atoms with Gasteiger partial charge in [0.2, 0.25) is 12.5 Å². The molecule has 1 saturated heterocycles. The van der Waals surface area contributed by atoms with Crippen molar-refractivity contribution >= 4 is 11.5 Å². The van der Waals surface area contributed by atoms with Gasteiger partial charge in [0.1, 0.15) is 11.6 Å².